The number of benzene rings is 1. The standard InChI is InChI=1S/C18H24FNO3/c19-13-6-7-14-15(5-4-10-23-16(14)11-13)20-17(21)12-18(22)8-2-1-3-9-18/h6-7,11,15,22H,1-5,8-10,12H2,(H,20,21). The highest BCUT2D eigenvalue weighted by Gasteiger charge is 2.32. The van der Waals surface area contributed by atoms with Crippen molar-refractivity contribution < 1.29 is 19.0 Å². The summed E-state index contributed by atoms with van der Waals surface area (Å²) in [6, 6.07) is 4.25. The molecule has 23 heavy (non-hydrogen) atoms. The summed E-state index contributed by atoms with van der Waals surface area (Å²) in [7, 11) is 0. The van der Waals surface area contributed by atoms with Crippen molar-refractivity contribution in [2.24, 2.45) is 0 Å². The highest BCUT2D eigenvalue weighted by Crippen LogP contribution is 2.34. The molecule has 1 atom stereocenters. The third kappa shape index (κ3) is 4.02. The molecule has 1 fully saturated rings. The molecule has 126 valence electrons. The minimum atomic E-state index is -0.866. The summed E-state index contributed by atoms with van der Waals surface area (Å²) in [6.07, 6.45) is 6.15. The second kappa shape index (κ2) is 6.87. The highest BCUT2D eigenvalue weighted by molar-refractivity contribution is 5.77. The number of nitrogens with one attached hydrogen (secondary N) is 1. The van der Waals surface area contributed by atoms with E-state index in [9.17, 15) is 14.3 Å². The van der Waals surface area contributed by atoms with E-state index in [1.165, 1.54) is 12.1 Å². The summed E-state index contributed by atoms with van der Waals surface area (Å²) in [4.78, 5) is 12.4. The van der Waals surface area contributed by atoms with Gasteiger partial charge < -0.3 is 15.2 Å². The minimum Gasteiger partial charge on any atom is -0.493 e. The Kier molecular flexibility index (Phi) is 4.85. The molecule has 1 saturated carbocycles. The molecule has 1 aliphatic heterocycles. The Labute approximate surface area is 136 Å². The van der Waals surface area contributed by atoms with E-state index in [-0.39, 0.29) is 24.2 Å². The van der Waals surface area contributed by atoms with Crippen LogP contribution in [0.25, 0.3) is 0 Å². The second-order valence-electron chi connectivity index (χ2n) is 6.75. The van der Waals surface area contributed by atoms with Gasteiger partial charge >= 0.3 is 0 Å². The maximum atomic E-state index is 13.4. The molecule has 1 heterocycles. The van der Waals surface area contributed by atoms with Crippen LogP contribution in [-0.2, 0) is 4.79 Å². The molecule has 4 nitrogen and oxygen atoms in total. The van der Waals surface area contributed by atoms with Gasteiger partial charge in [0.2, 0.25) is 5.91 Å². The molecule has 5 heteroatoms. The quantitative estimate of drug-likeness (QED) is 0.898. The van der Waals surface area contributed by atoms with Gasteiger partial charge in [-0.15, -0.1) is 0 Å². The molecule has 2 aliphatic rings. The smallest absolute Gasteiger partial charge is 0.223 e. The molecule has 1 amide bonds. The van der Waals surface area contributed by atoms with Crippen LogP contribution in [0, 0.1) is 5.82 Å². The zero-order chi connectivity index (χ0) is 16.3. The van der Waals surface area contributed by atoms with Crippen LogP contribution >= 0.6 is 0 Å². The molecule has 0 saturated heterocycles. The second-order valence-corrected chi connectivity index (χ2v) is 6.75. The summed E-state index contributed by atoms with van der Waals surface area (Å²) >= 11 is 0. The molecule has 1 aliphatic carbocycles. The number of ether oxygens (including phenoxy) is 1. The number of carbonyl (C=O) groups excluding carboxylic acids is 1. The number of amides is 1. The summed E-state index contributed by atoms with van der Waals surface area (Å²) in [5, 5.41) is 13.5. The van der Waals surface area contributed by atoms with Crippen LogP contribution in [0.3, 0.4) is 0 Å². The predicted octanol–water partition coefficient (Wildman–Crippen LogP) is 3.24. The van der Waals surface area contributed by atoms with Crippen molar-refractivity contribution in [2.75, 3.05) is 6.61 Å². The Balaban J connectivity index is 1.68. The number of halogens is 1. The first-order chi connectivity index (χ1) is 11.1. The molecule has 2 N–H and O–H groups in total. The lowest BCUT2D eigenvalue weighted by Gasteiger charge is -2.32. The van der Waals surface area contributed by atoms with Crippen LogP contribution in [0.4, 0.5) is 4.39 Å². The van der Waals surface area contributed by atoms with E-state index >= 15 is 0 Å². The first-order valence-electron chi connectivity index (χ1n) is 8.50. The summed E-state index contributed by atoms with van der Waals surface area (Å²) in [5.41, 5.74) is -0.0530. The van der Waals surface area contributed by atoms with Gasteiger partial charge in [-0.3, -0.25) is 4.79 Å². The topological polar surface area (TPSA) is 58.6 Å². The number of aliphatic hydroxyl groups is 1. The van der Waals surface area contributed by atoms with Crippen LogP contribution in [-0.4, -0.2) is 23.2 Å². The zero-order valence-electron chi connectivity index (χ0n) is 13.3. The fourth-order valence-electron chi connectivity index (χ4n) is 3.63. The summed E-state index contributed by atoms with van der Waals surface area (Å²) in [6.45, 7) is 0.521. The number of hydrogen-bond donors (Lipinski definition) is 2. The fourth-order valence-corrected chi connectivity index (χ4v) is 3.63. The molecule has 1 aromatic rings. The van der Waals surface area contributed by atoms with Crippen LogP contribution in [0.5, 0.6) is 5.75 Å². The molecule has 3 rings (SSSR count). The van der Waals surface area contributed by atoms with E-state index in [0.29, 0.717) is 25.2 Å². The van der Waals surface area contributed by atoms with Crippen molar-refractivity contribution in [1.82, 2.24) is 5.32 Å². The van der Waals surface area contributed by atoms with Crippen molar-refractivity contribution in [3.05, 3.63) is 29.6 Å². The van der Waals surface area contributed by atoms with E-state index in [1.54, 1.807) is 6.07 Å². The molecular formula is C18H24FNO3. The van der Waals surface area contributed by atoms with Gasteiger partial charge in [0.1, 0.15) is 11.6 Å². The van der Waals surface area contributed by atoms with Gasteiger partial charge in [0.15, 0.2) is 0 Å². The molecule has 1 unspecified atom stereocenters. The SMILES string of the molecule is O=C(CC1(O)CCCCC1)NC1CCCOc2cc(F)ccc21. The van der Waals surface area contributed by atoms with Crippen molar-refractivity contribution in [2.45, 2.75) is 63.0 Å². The molecule has 0 radical (unpaired) electrons. The Morgan fingerprint density at radius 1 is 1.30 bits per heavy atom. The Morgan fingerprint density at radius 3 is 2.87 bits per heavy atom. The third-order valence-electron chi connectivity index (χ3n) is 4.85. The molecule has 0 bridgehead atoms. The summed E-state index contributed by atoms with van der Waals surface area (Å²) in [5.74, 6) is 0.0213. The number of carbonyl (C=O) groups is 1. The lowest BCUT2D eigenvalue weighted by Crippen LogP contribution is -2.39. The maximum Gasteiger partial charge on any atom is 0.223 e. The minimum absolute atomic E-state index is 0.140. The monoisotopic (exact) mass is 321 g/mol. The van der Waals surface area contributed by atoms with E-state index in [0.717, 1.165) is 37.7 Å². The van der Waals surface area contributed by atoms with Crippen LogP contribution in [0.1, 0.15) is 63.0 Å². The number of rotatable bonds is 3. The Bertz CT molecular complexity index is 569. The average Bonchev–Trinajstić information content (AvgIpc) is 2.69. The van der Waals surface area contributed by atoms with Gasteiger partial charge in [-0.05, 0) is 31.7 Å². The zero-order valence-corrected chi connectivity index (χ0v) is 13.3. The largest absolute Gasteiger partial charge is 0.493 e. The van der Waals surface area contributed by atoms with E-state index in [4.69, 9.17) is 4.74 Å². The van der Waals surface area contributed by atoms with E-state index in [2.05, 4.69) is 5.32 Å². The van der Waals surface area contributed by atoms with Gasteiger partial charge in [-0.2, -0.15) is 0 Å². The lowest BCUT2D eigenvalue weighted by molar-refractivity contribution is -0.128. The first kappa shape index (κ1) is 16.2. The van der Waals surface area contributed by atoms with Crippen molar-refractivity contribution in [3.63, 3.8) is 0 Å². The van der Waals surface area contributed by atoms with Crippen molar-refractivity contribution in [3.8, 4) is 5.75 Å². The molecular weight excluding hydrogens is 297 g/mol. The fraction of sp³-hybridized carbons (Fsp3) is 0.611. The summed E-state index contributed by atoms with van der Waals surface area (Å²) < 4.78 is 18.9. The van der Waals surface area contributed by atoms with Gasteiger partial charge in [-0.25, -0.2) is 4.39 Å². The lowest BCUT2D eigenvalue weighted by atomic mass is 9.82. The van der Waals surface area contributed by atoms with Gasteiger partial charge in [-0.1, -0.05) is 25.3 Å². The van der Waals surface area contributed by atoms with Crippen molar-refractivity contribution in [1.29, 1.82) is 0 Å². The number of fused-ring (bicyclic) bond motifs is 1. The Hall–Kier alpha value is -1.62. The predicted molar refractivity (Wildman–Crippen MR) is 84.7 cm³/mol. The van der Waals surface area contributed by atoms with E-state index in [1.807, 2.05) is 0 Å². The van der Waals surface area contributed by atoms with Crippen LogP contribution in [0.2, 0.25) is 0 Å². The normalized spacial score (nSPS) is 23.3. The molecule has 1 aromatic carbocycles. The van der Waals surface area contributed by atoms with E-state index < -0.39 is 5.60 Å². The van der Waals surface area contributed by atoms with Gasteiger partial charge in [0.05, 0.1) is 24.7 Å². The third-order valence-corrected chi connectivity index (χ3v) is 4.85. The van der Waals surface area contributed by atoms with Gasteiger partial charge in [0, 0.05) is 11.6 Å². The molecule has 0 spiro atoms. The average molecular weight is 321 g/mol. The first-order valence-corrected chi connectivity index (χ1v) is 8.50. The molecule has 0 aromatic heterocycles. The van der Waals surface area contributed by atoms with Crippen molar-refractivity contribution >= 4 is 5.91 Å². The highest BCUT2D eigenvalue weighted by atomic mass is 19.1. The van der Waals surface area contributed by atoms with Crippen LogP contribution < -0.4 is 10.1 Å². The van der Waals surface area contributed by atoms with Gasteiger partial charge in [0.25, 0.3) is 0 Å². The maximum absolute atomic E-state index is 13.4. The Morgan fingerprint density at radius 2 is 2.09 bits per heavy atom. The number of hydrogen-bond acceptors (Lipinski definition) is 3. The van der Waals surface area contributed by atoms with Crippen LogP contribution in [0.15, 0.2) is 18.2 Å².